The largest absolute Gasteiger partial charge is 0.480 e. The average molecular weight is 391 g/mol. The summed E-state index contributed by atoms with van der Waals surface area (Å²) in [5.74, 6) is 0.935. The fraction of sp³-hybridized carbons (Fsp3) is 0.188. The van der Waals surface area contributed by atoms with Crippen LogP contribution in [0.1, 0.15) is 5.69 Å². The van der Waals surface area contributed by atoms with Gasteiger partial charge in [-0.3, -0.25) is 4.98 Å². The van der Waals surface area contributed by atoms with Gasteiger partial charge in [0, 0.05) is 0 Å². The second-order valence-corrected chi connectivity index (χ2v) is 8.12. The Labute approximate surface area is 155 Å². The van der Waals surface area contributed by atoms with Crippen LogP contribution in [0.25, 0.3) is 10.4 Å². The summed E-state index contributed by atoms with van der Waals surface area (Å²) in [7, 11) is -0.541. The summed E-state index contributed by atoms with van der Waals surface area (Å²) in [5.41, 5.74) is 1.72. The zero-order chi connectivity index (χ0) is 18.7. The first-order valence-corrected chi connectivity index (χ1v) is 9.87. The molecule has 10 heteroatoms. The lowest BCUT2D eigenvalue weighted by Gasteiger charge is -2.04. The number of ether oxygens (including phenoxy) is 1. The number of hydrogen-bond donors (Lipinski definition) is 2. The molecular formula is C16H17N5O3S2. The number of hydrogen-bond acceptors (Lipinski definition) is 8. The summed E-state index contributed by atoms with van der Waals surface area (Å²) in [6.07, 6.45) is 3.10. The fourth-order valence-electron chi connectivity index (χ4n) is 2.24. The number of nitrogens with zero attached hydrogens (tertiary/aromatic N) is 3. The molecule has 0 aliphatic carbocycles. The molecule has 0 saturated heterocycles. The molecule has 3 aromatic rings. The van der Waals surface area contributed by atoms with Crippen molar-refractivity contribution in [3.05, 3.63) is 42.4 Å². The fourth-order valence-corrected chi connectivity index (χ4v) is 3.95. The van der Waals surface area contributed by atoms with E-state index in [1.54, 1.807) is 30.5 Å². The highest BCUT2D eigenvalue weighted by Crippen LogP contribution is 2.34. The second kappa shape index (κ2) is 7.36. The smallest absolute Gasteiger partial charge is 0.240 e. The van der Waals surface area contributed by atoms with Crippen molar-refractivity contribution in [3.63, 3.8) is 0 Å². The molecule has 0 bridgehead atoms. The van der Waals surface area contributed by atoms with E-state index in [0.717, 1.165) is 16.1 Å². The Kier molecular flexibility index (Phi) is 5.16. The first-order chi connectivity index (χ1) is 12.4. The first kappa shape index (κ1) is 18.2. The second-order valence-electron chi connectivity index (χ2n) is 5.24. The van der Waals surface area contributed by atoms with Crippen LogP contribution in [0.2, 0.25) is 0 Å². The molecule has 1 aromatic carbocycles. The van der Waals surface area contributed by atoms with Gasteiger partial charge in [0.05, 0.1) is 35.0 Å². The normalized spacial score (nSPS) is 11.3. The number of rotatable bonds is 6. The molecule has 0 spiro atoms. The molecule has 0 radical (unpaired) electrons. The lowest BCUT2D eigenvalue weighted by Crippen LogP contribution is -2.18. The van der Waals surface area contributed by atoms with Gasteiger partial charge in [-0.2, -0.15) is 4.98 Å². The number of sulfonamides is 1. The summed E-state index contributed by atoms with van der Waals surface area (Å²) in [5, 5.41) is 3.76. The van der Waals surface area contributed by atoms with Gasteiger partial charge in [-0.25, -0.2) is 18.1 Å². The first-order valence-electron chi connectivity index (χ1n) is 7.57. The van der Waals surface area contributed by atoms with Crippen molar-refractivity contribution >= 4 is 32.3 Å². The number of methoxy groups -OCH3 is 1. The third kappa shape index (κ3) is 3.82. The average Bonchev–Trinajstić information content (AvgIpc) is 3.02. The SMILES string of the molecule is CNS(=O)(=O)c1ccc(-c2sc(Nc3cncc(OC)n3)nc2C)cc1. The van der Waals surface area contributed by atoms with Gasteiger partial charge in [-0.05, 0) is 31.7 Å². The van der Waals surface area contributed by atoms with Crippen molar-refractivity contribution in [1.82, 2.24) is 19.7 Å². The van der Waals surface area contributed by atoms with Gasteiger partial charge < -0.3 is 10.1 Å². The number of thiazole rings is 1. The predicted molar refractivity (Wildman–Crippen MR) is 100 cm³/mol. The molecule has 8 nitrogen and oxygen atoms in total. The Morgan fingerprint density at radius 1 is 1.12 bits per heavy atom. The monoisotopic (exact) mass is 391 g/mol. The van der Waals surface area contributed by atoms with Crippen molar-refractivity contribution in [2.75, 3.05) is 19.5 Å². The van der Waals surface area contributed by atoms with Gasteiger partial charge >= 0.3 is 0 Å². The van der Waals surface area contributed by atoms with Gasteiger partial charge in [0.2, 0.25) is 15.9 Å². The van der Waals surface area contributed by atoms with Crippen LogP contribution in [0, 0.1) is 6.92 Å². The van der Waals surface area contributed by atoms with E-state index in [-0.39, 0.29) is 4.90 Å². The van der Waals surface area contributed by atoms with Crippen LogP contribution in [-0.2, 0) is 10.0 Å². The third-order valence-electron chi connectivity index (χ3n) is 3.55. The predicted octanol–water partition coefficient (Wildman–Crippen LogP) is 2.57. The van der Waals surface area contributed by atoms with E-state index < -0.39 is 10.0 Å². The molecule has 2 N–H and O–H groups in total. The van der Waals surface area contributed by atoms with Crippen LogP contribution in [0.3, 0.4) is 0 Å². The highest BCUT2D eigenvalue weighted by atomic mass is 32.2. The molecular weight excluding hydrogens is 374 g/mol. The number of anilines is 2. The van der Waals surface area contributed by atoms with Crippen molar-refractivity contribution in [1.29, 1.82) is 0 Å². The van der Waals surface area contributed by atoms with E-state index >= 15 is 0 Å². The molecule has 0 aliphatic rings. The van der Waals surface area contributed by atoms with E-state index in [1.165, 1.54) is 31.7 Å². The van der Waals surface area contributed by atoms with Crippen molar-refractivity contribution in [3.8, 4) is 16.3 Å². The van der Waals surface area contributed by atoms with E-state index in [1.807, 2.05) is 6.92 Å². The summed E-state index contributed by atoms with van der Waals surface area (Å²) in [4.78, 5) is 13.9. The van der Waals surface area contributed by atoms with Gasteiger partial charge in [0.15, 0.2) is 10.9 Å². The number of nitrogens with one attached hydrogen (secondary N) is 2. The minimum absolute atomic E-state index is 0.218. The van der Waals surface area contributed by atoms with Crippen LogP contribution in [0.15, 0.2) is 41.6 Å². The van der Waals surface area contributed by atoms with Gasteiger partial charge in [0.1, 0.15) is 0 Å². The maximum atomic E-state index is 11.8. The van der Waals surface area contributed by atoms with Crippen LogP contribution >= 0.6 is 11.3 Å². The van der Waals surface area contributed by atoms with E-state index in [0.29, 0.717) is 16.8 Å². The van der Waals surface area contributed by atoms with Gasteiger partial charge in [0.25, 0.3) is 0 Å². The Morgan fingerprint density at radius 2 is 1.85 bits per heavy atom. The van der Waals surface area contributed by atoms with Gasteiger partial charge in [-0.15, -0.1) is 0 Å². The van der Waals surface area contributed by atoms with Crippen molar-refractivity contribution in [2.45, 2.75) is 11.8 Å². The molecule has 26 heavy (non-hydrogen) atoms. The number of benzene rings is 1. The van der Waals surface area contributed by atoms with Crippen LogP contribution in [0.4, 0.5) is 10.9 Å². The highest BCUT2D eigenvalue weighted by Gasteiger charge is 2.14. The van der Waals surface area contributed by atoms with Crippen LogP contribution in [-0.4, -0.2) is 37.5 Å². The lowest BCUT2D eigenvalue weighted by molar-refractivity contribution is 0.396. The number of aryl methyl sites for hydroxylation is 1. The minimum atomic E-state index is -3.45. The molecule has 0 atom stereocenters. The highest BCUT2D eigenvalue weighted by molar-refractivity contribution is 7.89. The molecule has 0 saturated carbocycles. The zero-order valence-electron chi connectivity index (χ0n) is 14.3. The minimum Gasteiger partial charge on any atom is -0.480 e. The Bertz CT molecular complexity index is 1020. The standard InChI is InChI=1S/C16H17N5O3S2/c1-10-15(11-4-6-12(7-5-11)26(22,23)17-2)25-16(19-10)21-13-8-18-9-14(20-13)24-3/h4-9,17H,1-3H3,(H,19,20,21). The lowest BCUT2D eigenvalue weighted by atomic mass is 10.2. The molecule has 136 valence electrons. The summed E-state index contributed by atoms with van der Waals surface area (Å²) >= 11 is 1.44. The van der Waals surface area contributed by atoms with Gasteiger partial charge in [-0.1, -0.05) is 23.5 Å². The summed E-state index contributed by atoms with van der Waals surface area (Å²) in [6, 6.07) is 6.67. The Morgan fingerprint density at radius 3 is 2.50 bits per heavy atom. The third-order valence-corrected chi connectivity index (χ3v) is 6.10. The molecule has 0 amide bonds. The molecule has 0 unspecified atom stereocenters. The van der Waals surface area contributed by atoms with E-state index in [2.05, 4.69) is 25.0 Å². The summed E-state index contributed by atoms with van der Waals surface area (Å²) < 4.78 is 31.0. The van der Waals surface area contributed by atoms with Crippen LogP contribution < -0.4 is 14.8 Å². The molecule has 2 aromatic heterocycles. The maximum Gasteiger partial charge on any atom is 0.240 e. The molecule has 2 heterocycles. The van der Waals surface area contributed by atoms with Crippen molar-refractivity contribution < 1.29 is 13.2 Å². The quantitative estimate of drug-likeness (QED) is 0.665. The molecule has 0 fully saturated rings. The molecule has 0 aliphatic heterocycles. The van der Waals surface area contributed by atoms with E-state index in [9.17, 15) is 8.42 Å². The number of aromatic nitrogens is 3. The zero-order valence-corrected chi connectivity index (χ0v) is 16.0. The Balaban J connectivity index is 1.86. The Hall–Kier alpha value is -2.56. The topological polar surface area (TPSA) is 106 Å². The van der Waals surface area contributed by atoms with Crippen molar-refractivity contribution in [2.24, 2.45) is 0 Å². The van der Waals surface area contributed by atoms with Crippen LogP contribution in [0.5, 0.6) is 5.88 Å². The summed E-state index contributed by atoms with van der Waals surface area (Å²) in [6.45, 7) is 1.90. The maximum absolute atomic E-state index is 11.8. The molecule has 3 rings (SSSR count). The van der Waals surface area contributed by atoms with E-state index in [4.69, 9.17) is 4.74 Å².